The van der Waals surface area contributed by atoms with Gasteiger partial charge in [-0.15, -0.1) is 0 Å². The molecule has 1 unspecified atom stereocenters. The molecule has 1 aromatic heterocycles. The molecule has 1 saturated heterocycles. The second kappa shape index (κ2) is 8.86. The van der Waals surface area contributed by atoms with Crippen LogP contribution in [0.25, 0.3) is 0 Å². The van der Waals surface area contributed by atoms with E-state index in [1.165, 1.54) is 30.5 Å². The van der Waals surface area contributed by atoms with Crippen LogP contribution in [0, 0.1) is 29.0 Å². The third-order valence-corrected chi connectivity index (χ3v) is 6.02. The zero-order valence-corrected chi connectivity index (χ0v) is 17.7. The van der Waals surface area contributed by atoms with Crippen LogP contribution in [0.4, 0.5) is 20.7 Å². The van der Waals surface area contributed by atoms with Crippen LogP contribution in [0.1, 0.15) is 42.6 Å². The van der Waals surface area contributed by atoms with E-state index < -0.39 is 17.9 Å². The zero-order valence-electron chi connectivity index (χ0n) is 17.7. The van der Waals surface area contributed by atoms with Gasteiger partial charge in [-0.3, -0.25) is 9.48 Å². The number of primary amides is 1. The Labute approximate surface area is 184 Å². The van der Waals surface area contributed by atoms with Crippen LogP contribution < -0.4 is 11.1 Å². The largest absolute Gasteiger partial charge is 0.446 e. The quantitative estimate of drug-likeness (QED) is 0.710. The fourth-order valence-corrected chi connectivity index (χ4v) is 3.95. The van der Waals surface area contributed by atoms with Crippen molar-refractivity contribution >= 4 is 23.5 Å². The number of ether oxygens (including phenoxy) is 1. The van der Waals surface area contributed by atoms with Crippen LogP contribution >= 0.6 is 0 Å². The number of nitrogens with two attached hydrogens (primary N) is 1. The molecule has 2 heterocycles. The van der Waals surface area contributed by atoms with Gasteiger partial charge in [-0.25, -0.2) is 9.18 Å². The van der Waals surface area contributed by atoms with Crippen molar-refractivity contribution in [2.75, 3.05) is 18.4 Å². The summed E-state index contributed by atoms with van der Waals surface area (Å²) >= 11 is 0. The van der Waals surface area contributed by atoms with Crippen molar-refractivity contribution in [3.63, 3.8) is 0 Å². The van der Waals surface area contributed by atoms with E-state index >= 15 is 0 Å². The Balaban J connectivity index is 1.49. The summed E-state index contributed by atoms with van der Waals surface area (Å²) in [6, 6.07) is 7.52. The Morgan fingerprint density at radius 1 is 1.31 bits per heavy atom. The molecule has 3 atom stereocenters. The van der Waals surface area contributed by atoms with Gasteiger partial charge in [0.1, 0.15) is 17.5 Å². The van der Waals surface area contributed by atoms with Crippen LogP contribution in [0.2, 0.25) is 0 Å². The standard InChI is InChI=1S/C22H25FN6O3/c1-13(14-2-3-14)32-22(31)28-9-8-19(15(10-24)11-28)29-12-18(20(25)30)21(27-29)26-17-6-4-16(23)5-7-17/h4-7,12-15,19H,2-3,8-9,11H2,1H3,(H2,25,30)(H,26,27)/t13?,15-,19-/m0/s1. The first-order chi connectivity index (χ1) is 15.4. The number of amides is 2. The minimum Gasteiger partial charge on any atom is -0.446 e. The van der Waals surface area contributed by atoms with Crippen molar-refractivity contribution in [1.29, 1.82) is 5.26 Å². The first-order valence-corrected chi connectivity index (χ1v) is 10.6. The van der Waals surface area contributed by atoms with Crippen molar-refractivity contribution in [2.45, 2.75) is 38.3 Å². The molecule has 32 heavy (non-hydrogen) atoms. The molecule has 168 valence electrons. The molecule has 0 radical (unpaired) electrons. The molecule has 1 aliphatic carbocycles. The van der Waals surface area contributed by atoms with Gasteiger partial charge < -0.3 is 20.7 Å². The highest BCUT2D eigenvalue weighted by atomic mass is 19.1. The number of hydrogen-bond acceptors (Lipinski definition) is 6. The number of aromatic nitrogens is 2. The smallest absolute Gasteiger partial charge is 0.410 e. The summed E-state index contributed by atoms with van der Waals surface area (Å²) in [6.07, 6.45) is 3.61. The average Bonchev–Trinajstić information content (AvgIpc) is 3.55. The van der Waals surface area contributed by atoms with E-state index in [0.717, 1.165) is 12.8 Å². The summed E-state index contributed by atoms with van der Waals surface area (Å²) in [4.78, 5) is 26.0. The molecular formula is C22H25FN6O3. The van der Waals surface area contributed by atoms with Crippen LogP contribution in [-0.4, -0.2) is 45.9 Å². The maximum Gasteiger partial charge on any atom is 0.410 e. The molecule has 4 rings (SSSR count). The van der Waals surface area contributed by atoms with Crippen LogP contribution in [0.15, 0.2) is 30.5 Å². The molecule has 2 amide bonds. The summed E-state index contributed by atoms with van der Waals surface area (Å²) in [5.41, 5.74) is 6.21. The topological polar surface area (TPSA) is 126 Å². The van der Waals surface area contributed by atoms with Gasteiger partial charge in [0.15, 0.2) is 5.82 Å². The molecule has 1 aromatic carbocycles. The van der Waals surface area contributed by atoms with E-state index in [1.807, 2.05) is 6.92 Å². The molecule has 10 heteroatoms. The van der Waals surface area contributed by atoms with E-state index in [4.69, 9.17) is 10.5 Å². The zero-order chi connectivity index (χ0) is 22.8. The maximum absolute atomic E-state index is 13.2. The lowest BCUT2D eigenvalue weighted by molar-refractivity contribution is 0.0453. The molecule has 2 fully saturated rings. The number of benzene rings is 1. The average molecular weight is 440 g/mol. The normalized spacial score (nSPS) is 21.5. The number of carbonyl (C=O) groups excluding carboxylic acids is 2. The van der Waals surface area contributed by atoms with Crippen molar-refractivity contribution in [3.05, 3.63) is 41.8 Å². The molecule has 2 aliphatic rings. The molecule has 1 aliphatic heterocycles. The van der Waals surface area contributed by atoms with Gasteiger partial charge in [0, 0.05) is 25.0 Å². The number of halogens is 1. The van der Waals surface area contributed by atoms with E-state index in [1.54, 1.807) is 9.58 Å². The molecule has 1 saturated carbocycles. The highest BCUT2D eigenvalue weighted by molar-refractivity contribution is 5.98. The van der Waals surface area contributed by atoms with Gasteiger partial charge in [0.25, 0.3) is 5.91 Å². The second-order valence-electron chi connectivity index (χ2n) is 8.33. The number of piperidine rings is 1. The highest BCUT2D eigenvalue weighted by Gasteiger charge is 2.37. The lowest BCUT2D eigenvalue weighted by Gasteiger charge is -2.35. The summed E-state index contributed by atoms with van der Waals surface area (Å²) < 4.78 is 20.3. The number of carbonyl (C=O) groups is 2. The number of hydrogen-bond donors (Lipinski definition) is 2. The monoisotopic (exact) mass is 440 g/mol. The molecule has 2 aromatic rings. The Hall–Kier alpha value is -3.61. The molecule has 9 nitrogen and oxygen atoms in total. The molecule has 3 N–H and O–H groups in total. The number of rotatable bonds is 6. The van der Waals surface area contributed by atoms with Crippen molar-refractivity contribution < 1.29 is 18.7 Å². The summed E-state index contributed by atoms with van der Waals surface area (Å²) in [6.45, 7) is 2.52. The van der Waals surface area contributed by atoms with E-state index in [0.29, 0.717) is 24.6 Å². The van der Waals surface area contributed by atoms with Crippen LogP contribution in [-0.2, 0) is 4.74 Å². The van der Waals surface area contributed by atoms with Crippen molar-refractivity contribution in [1.82, 2.24) is 14.7 Å². The third kappa shape index (κ3) is 4.66. The van der Waals surface area contributed by atoms with Gasteiger partial charge in [0.2, 0.25) is 0 Å². The summed E-state index contributed by atoms with van der Waals surface area (Å²) in [7, 11) is 0. The second-order valence-corrected chi connectivity index (χ2v) is 8.33. The molecular weight excluding hydrogens is 415 g/mol. The predicted molar refractivity (Wildman–Crippen MR) is 113 cm³/mol. The molecule has 0 bridgehead atoms. The van der Waals surface area contributed by atoms with E-state index in [2.05, 4.69) is 16.5 Å². The van der Waals surface area contributed by atoms with Crippen LogP contribution in [0.3, 0.4) is 0 Å². The number of likely N-dealkylation sites (tertiary alicyclic amines) is 1. The van der Waals surface area contributed by atoms with Crippen molar-refractivity contribution in [3.8, 4) is 6.07 Å². The lowest BCUT2D eigenvalue weighted by atomic mass is 9.94. The van der Waals surface area contributed by atoms with Gasteiger partial charge in [-0.05, 0) is 56.4 Å². The Bertz CT molecular complexity index is 1040. The fourth-order valence-electron chi connectivity index (χ4n) is 3.95. The first-order valence-electron chi connectivity index (χ1n) is 10.6. The Morgan fingerprint density at radius 2 is 2.03 bits per heavy atom. The van der Waals surface area contributed by atoms with Crippen molar-refractivity contribution in [2.24, 2.45) is 17.6 Å². The fraction of sp³-hybridized carbons (Fsp3) is 0.455. The maximum atomic E-state index is 13.2. The summed E-state index contributed by atoms with van der Waals surface area (Å²) in [5, 5.41) is 17.2. The lowest BCUT2D eigenvalue weighted by Crippen LogP contribution is -2.45. The van der Waals surface area contributed by atoms with Gasteiger partial charge in [-0.1, -0.05) is 0 Å². The minimum atomic E-state index is -0.676. The Kier molecular flexibility index (Phi) is 5.99. The number of nitrogens with one attached hydrogen (secondary N) is 1. The SMILES string of the molecule is CC(OC(=O)N1CC[C@H](n2cc(C(N)=O)c(Nc3ccc(F)cc3)n2)[C@@H](C#N)C1)C1CC1. The molecule has 0 spiro atoms. The number of nitriles is 1. The van der Waals surface area contributed by atoms with E-state index in [-0.39, 0.29) is 35.9 Å². The van der Waals surface area contributed by atoms with Crippen LogP contribution in [0.5, 0.6) is 0 Å². The predicted octanol–water partition coefficient (Wildman–Crippen LogP) is 3.19. The third-order valence-electron chi connectivity index (χ3n) is 6.02. The minimum absolute atomic E-state index is 0.120. The summed E-state index contributed by atoms with van der Waals surface area (Å²) in [5.74, 6) is -0.936. The van der Waals surface area contributed by atoms with Gasteiger partial charge >= 0.3 is 6.09 Å². The van der Waals surface area contributed by atoms with Gasteiger partial charge in [-0.2, -0.15) is 10.4 Å². The van der Waals surface area contributed by atoms with Gasteiger partial charge in [0.05, 0.1) is 18.0 Å². The number of nitrogens with zero attached hydrogens (tertiary/aromatic N) is 4. The highest BCUT2D eigenvalue weighted by Crippen LogP contribution is 2.35. The van der Waals surface area contributed by atoms with E-state index in [9.17, 15) is 19.2 Å². The Morgan fingerprint density at radius 3 is 2.66 bits per heavy atom. The first kappa shape index (κ1) is 21.6. The number of anilines is 2.